The molecular formula is C25H29N3O5S4. The smallest absolute Gasteiger partial charge is 0.266 e. The summed E-state index contributed by atoms with van der Waals surface area (Å²) in [6.45, 7) is 2.24. The van der Waals surface area contributed by atoms with Crippen LogP contribution in [0.3, 0.4) is 0 Å². The lowest BCUT2D eigenvalue weighted by Gasteiger charge is -2.29. The number of hydrogen-bond acceptors (Lipinski definition) is 9. The molecule has 1 atom stereocenters. The Morgan fingerprint density at radius 1 is 1.22 bits per heavy atom. The molecule has 0 radical (unpaired) electrons. The van der Waals surface area contributed by atoms with E-state index in [1.165, 1.54) is 34.4 Å². The van der Waals surface area contributed by atoms with Crippen molar-refractivity contribution in [3.8, 4) is 0 Å². The van der Waals surface area contributed by atoms with Crippen LogP contribution in [-0.2, 0) is 26.0 Å². The van der Waals surface area contributed by atoms with Crippen molar-refractivity contribution in [3.05, 3.63) is 45.2 Å². The van der Waals surface area contributed by atoms with E-state index in [9.17, 15) is 18.0 Å². The van der Waals surface area contributed by atoms with Gasteiger partial charge in [0.25, 0.3) is 5.91 Å². The van der Waals surface area contributed by atoms with Gasteiger partial charge in [-0.15, -0.1) is 11.3 Å². The molecule has 5 rings (SSSR count). The monoisotopic (exact) mass is 579 g/mol. The number of hydrogen-bond donors (Lipinski definition) is 0. The highest BCUT2D eigenvalue weighted by atomic mass is 32.2. The van der Waals surface area contributed by atoms with Crippen molar-refractivity contribution in [1.82, 2.24) is 9.80 Å². The lowest BCUT2D eigenvalue weighted by Crippen LogP contribution is -2.42. The van der Waals surface area contributed by atoms with Gasteiger partial charge in [0.05, 0.1) is 23.0 Å². The van der Waals surface area contributed by atoms with Gasteiger partial charge in [0, 0.05) is 43.0 Å². The first-order valence-corrected chi connectivity index (χ1v) is 16.3. The van der Waals surface area contributed by atoms with Crippen molar-refractivity contribution in [2.45, 2.75) is 44.7 Å². The Morgan fingerprint density at radius 3 is 2.73 bits per heavy atom. The second kappa shape index (κ2) is 11.3. The average molecular weight is 580 g/mol. The van der Waals surface area contributed by atoms with Crippen LogP contribution in [0.15, 0.2) is 39.0 Å². The van der Waals surface area contributed by atoms with Gasteiger partial charge in [0.15, 0.2) is 15.7 Å². The second-order valence-corrected chi connectivity index (χ2v) is 14.3. The van der Waals surface area contributed by atoms with Crippen molar-refractivity contribution in [2.24, 2.45) is 0 Å². The Morgan fingerprint density at radius 2 is 2.03 bits per heavy atom. The number of furan rings is 1. The number of thioether (sulfide) groups is 1. The van der Waals surface area contributed by atoms with Gasteiger partial charge >= 0.3 is 0 Å². The number of carbonyl (C=O) groups is 2. The third-order valence-electron chi connectivity index (χ3n) is 6.85. The lowest BCUT2D eigenvalue weighted by atomic mass is 10.1. The van der Waals surface area contributed by atoms with Crippen LogP contribution >= 0.6 is 35.3 Å². The molecule has 5 heterocycles. The van der Waals surface area contributed by atoms with Gasteiger partial charge in [0.2, 0.25) is 5.91 Å². The summed E-state index contributed by atoms with van der Waals surface area (Å²) in [6.07, 6.45) is 5.74. The maximum Gasteiger partial charge on any atom is 0.266 e. The summed E-state index contributed by atoms with van der Waals surface area (Å²) in [5.41, 5.74) is 0. The summed E-state index contributed by atoms with van der Waals surface area (Å²) in [5.74, 6) is 1.01. The standard InChI is InChI=1S/C25H29N3O5S4/c29-22(8-12-27-24(30)21(36-25(27)34)15-20-5-4-13-35-20)28(18-9-14-37(31,32)17-18)16-19-6-7-23(33-19)26-10-2-1-3-11-26/h4-7,13,15,18H,1-3,8-12,14,16-17H2/b21-15-. The number of rotatable bonds is 8. The van der Waals surface area contributed by atoms with Crippen LogP contribution in [0, 0.1) is 0 Å². The predicted octanol–water partition coefficient (Wildman–Crippen LogP) is 4.14. The minimum atomic E-state index is -3.19. The Bertz CT molecular complexity index is 1300. The van der Waals surface area contributed by atoms with E-state index in [0.29, 0.717) is 21.4 Å². The van der Waals surface area contributed by atoms with Crippen molar-refractivity contribution in [3.63, 3.8) is 0 Å². The normalized spacial score (nSPS) is 22.8. The average Bonchev–Trinajstić information content (AvgIpc) is 3.67. The van der Waals surface area contributed by atoms with Crippen LogP contribution in [0.4, 0.5) is 5.88 Å². The largest absolute Gasteiger partial charge is 0.444 e. The van der Waals surface area contributed by atoms with Crippen molar-refractivity contribution >= 4 is 73.2 Å². The summed E-state index contributed by atoms with van der Waals surface area (Å²) >= 11 is 8.19. The quantitative estimate of drug-likeness (QED) is 0.341. The lowest BCUT2D eigenvalue weighted by molar-refractivity contribution is -0.134. The van der Waals surface area contributed by atoms with Gasteiger partial charge in [-0.05, 0) is 49.3 Å². The van der Waals surface area contributed by atoms with E-state index >= 15 is 0 Å². The summed E-state index contributed by atoms with van der Waals surface area (Å²) in [5, 5.41) is 1.94. The molecule has 3 saturated heterocycles. The molecule has 3 aliphatic heterocycles. The Balaban J connectivity index is 1.27. The number of sulfone groups is 1. The molecule has 0 bridgehead atoms. The van der Waals surface area contributed by atoms with E-state index in [-0.39, 0.29) is 42.8 Å². The SMILES string of the molecule is O=C1/C(=C/c2cccs2)SC(=S)N1CCC(=O)N(Cc1ccc(N2CCCCC2)o1)C1CCS(=O)(=O)C1. The summed E-state index contributed by atoms with van der Waals surface area (Å²) in [4.78, 5) is 33.2. The maximum absolute atomic E-state index is 13.4. The van der Waals surface area contributed by atoms with Crippen LogP contribution in [0.25, 0.3) is 6.08 Å². The first-order valence-electron chi connectivity index (χ1n) is 12.4. The fourth-order valence-corrected chi connectivity index (χ4v) is 8.65. The molecule has 0 N–H and O–H groups in total. The molecule has 1 unspecified atom stereocenters. The second-order valence-electron chi connectivity index (χ2n) is 9.46. The highest BCUT2D eigenvalue weighted by Crippen LogP contribution is 2.33. The topological polar surface area (TPSA) is 91.1 Å². The Kier molecular flexibility index (Phi) is 8.08. The molecule has 12 heteroatoms. The molecule has 0 aliphatic carbocycles. The predicted molar refractivity (Wildman–Crippen MR) is 151 cm³/mol. The molecule has 0 spiro atoms. The van der Waals surface area contributed by atoms with E-state index in [1.807, 2.05) is 35.7 Å². The number of nitrogens with zero attached hydrogens (tertiary/aromatic N) is 3. The third-order valence-corrected chi connectivity index (χ3v) is 10.8. The Hall–Kier alpha value is -2.15. The number of thiophene rings is 1. The molecule has 2 aromatic rings. The molecule has 3 fully saturated rings. The zero-order valence-corrected chi connectivity index (χ0v) is 23.6. The van der Waals surface area contributed by atoms with E-state index in [2.05, 4.69) is 4.90 Å². The minimum absolute atomic E-state index is 0.0506. The molecular weight excluding hydrogens is 551 g/mol. The number of thiocarbonyl (C=S) groups is 1. The zero-order valence-electron chi connectivity index (χ0n) is 20.3. The van der Waals surface area contributed by atoms with Gasteiger partial charge in [-0.2, -0.15) is 0 Å². The Labute approximate surface area is 230 Å². The van der Waals surface area contributed by atoms with Crippen LogP contribution < -0.4 is 4.90 Å². The van der Waals surface area contributed by atoms with Gasteiger partial charge in [-0.25, -0.2) is 8.42 Å². The molecule has 3 aliphatic rings. The third kappa shape index (κ3) is 6.30. The van der Waals surface area contributed by atoms with E-state index < -0.39 is 15.9 Å². The van der Waals surface area contributed by atoms with Crippen LogP contribution in [0.1, 0.15) is 42.7 Å². The number of piperidine rings is 1. The van der Waals surface area contributed by atoms with Gasteiger partial charge in [-0.3, -0.25) is 14.5 Å². The first-order chi connectivity index (χ1) is 17.8. The molecule has 37 heavy (non-hydrogen) atoms. The molecule has 0 saturated carbocycles. The number of anilines is 1. The van der Waals surface area contributed by atoms with E-state index in [1.54, 1.807) is 4.90 Å². The van der Waals surface area contributed by atoms with Crippen LogP contribution in [0.2, 0.25) is 0 Å². The minimum Gasteiger partial charge on any atom is -0.444 e. The van der Waals surface area contributed by atoms with Gasteiger partial charge in [0.1, 0.15) is 10.1 Å². The van der Waals surface area contributed by atoms with E-state index in [4.69, 9.17) is 16.6 Å². The highest BCUT2D eigenvalue weighted by Gasteiger charge is 2.37. The van der Waals surface area contributed by atoms with E-state index in [0.717, 1.165) is 36.7 Å². The molecule has 0 aromatic carbocycles. The summed E-state index contributed by atoms with van der Waals surface area (Å²) in [6, 6.07) is 7.23. The number of amides is 2. The molecule has 2 amide bonds. The molecule has 8 nitrogen and oxygen atoms in total. The van der Waals surface area contributed by atoms with Crippen LogP contribution in [-0.4, -0.2) is 71.5 Å². The summed E-state index contributed by atoms with van der Waals surface area (Å²) in [7, 11) is -3.19. The molecule has 198 valence electrons. The summed E-state index contributed by atoms with van der Waals surface area (Å²) < 4.78 is 30.9. The highest BCUT2D eigenvalue weighted by molar-refractivity contribution is 8.26. The van der Waals surface area contributed by atoms with Crippen molar-refractivity contribution < 1.29 is 22.4 Å². The fraction of sp³-hybridized carbons (Fsp3) is 0.480. The maximum atomic E-state index is 13.4. The van der Waals surface area contributed by atoms with Crippen molar-refractivity contribution in [2.75, 3.05) is 36.0 Å². The van der Waals surface area contributed by atoms with Crippen LogP contribution in [0.5, 0.6) is 0 Å². The van der Waals surface area contributed by atoms with Gasteiger partial charge < -0.3 is 14.2 Å². The zero-order chi connectivity index (χ0) is 26.0. The fourth-order valence-electron chi connectivity index (χ4n) is 4.89. The first kappa shape index (κ1) is 26.5. The van der Waals surface area contributed by atoms with Crippen molar-refractivity contribution in [1.29, 1.82) is 0 Å². The van der Waals surface area contributed by atoms with Gasteiger partial charge in [-0.1, -0.05) is 30.0 Å². The molecule has 2 aromatic heterocycles. The number of carbonyl (C=O) groups excluding carboxylic acids is 2.